The monoisotopic (exact) mass is 455 g/mol. The third kappa shape index (κ3) is 4.25. The summed E-state index contributed by atoms with van der Waals surface area (Å²) in [6.45, 7) is 8.85. The molecule has 7 nitrogen and oxygen atoms in total. The van der Waals surface area contributed by atoms with Crippen LogP contribution >= 0.6 is 0 Å². The predicted octanol–water partition coefficient (Wildman–Crippen LogP) is 3.62. The van der Waals surface area contributed by atoms with Crippen LogP contribution in [0.2, 0.25) is 0 Å². The van der Waals surface area contributed by atoms with E-state index in [9.17, 15) is 8.42 Å². The van der Waals surface area contributed by atoms with Crippen molar-refractivity contribution in [3.8, 4) is 11.5 Å². The SMILES string of the molecule is CCOc1ccc2ncc(S(=O)(=O)c3ccc(OC)cc3)c(N3CCN(CC)CC3)c2c1. The molecule has 0 atom stereocenters. The first-order valence-electron chi connectivity index (χ1n) is 10.9. The third-order valence-corrected chi connectivity index (χ3v) is 7.65. The molecule has 1 aliphatic rings. The van der Waals surface area contributed by atoms with E-state index in [-0.39, 0.29) is 9.79 Å². The first kappa shape index (κ1) is 22.4. The lowest BCUT2D eigenvalue weighted by Gasteiger charge is -2.36. The number of aromatic nitrogens is 1. The maximum absolute atomic E-state index is 13.7. The Hall–Kier alpha value is -2.84. The Morgan fingerprint density at radius 1 is 0.969 bits per heavy atom. The largest absolute Gasteiger partial charge is 0.497 e. The second-order valence-electron chi connectivity index (χ2n) is 7.68. The van der Waals surface area contributed by atoms with Gasteiger partial charge in [0, 0.05) is 37.8 Å². The Morgan fingerprint density at radius 3 is 2.28 bits per heavy atom. The van der Waals surface area contributed by atoms with Crippen molar-refractivity contribution in [3.63, 3.8) is 0 Å². The molecule has 1 aliphatic heterocycles. The Morgan fingerprint density at radius 2 is 1.66 bits per heavy atom. The zero-order chi connectivity index (χ0) is 22.7. The lowest BCUT2D eigenvalue weighted by molar-refractivity contribution is 0.271. The maximum Gasteiger partial charge on any atom is 0.210 e. The van der Waals surface area contributed by atoms with Crippen molar-refractivity contribution in [1.29, 1.82) is 0 Å². The Balaban J connectivity index is 1.89. The van der Waals surface area contributed by atoms with E-state index in [1.807, 2.05) is 25.1 Å². The number of ether oxygens (including phenoxy) is 2. The van der Waals surface area contributed by atoms with E-state index < -0.39 is 9.84 Å². The number of piperazine rings is 1. The Bertz CT molecular complexity index is 1190. The van der Waals surface area contributed by atoms with Gasteiger partial charge in [0.05, 0.1) is 29.8 Å². The Labute approximate surface area is 189 Å². The van der Waals surface area contributed by atoms with Crippen molar-refractivity contribution >= 4 is 26.4 Å². The molecule has 1 aromatic heterocycles. The van der Waals surface area contributed by atoms with Gasteiger partial charge in [-0.15, -0.1) is 0 Å². The smallest absolute Gasteiger partial charge is 0.210 e. The minimum absolute atomic E-state index is 0.216. The summed E-state index contributed by atoms with van der Waals surface area (Å²) in [4.78, 5) is 9.46. The van der Waals surface area contributed by atoms with Crippen LogP contribution in [0.15, 0.2) is 58.5 Å². The van der Waals surface area contributed by atoms with Crippen molar-refractivity contribution in [3.05, 3.63) is 48.7 Å². The van der Waals surface area contributed by atoms with Crippen LogP contribution < -0.4 is 14.4 Å². The summed E-state index contributed by atoms with van der Waals surface area (Å²) in [5.74, 6) is 1.31. The molecular weight excluding hydrogens is 426 g/mol. The number of benzene rings is 2. The zero-order valence-electron chi connectivity index (χ0n) is 18.7. The lowest BCUT2D eigenvalue weighted by atomic mass is 10.1. The number of likely N-dealkylation sites (N-methyl/N-ethyl adjacent to an activating group) is 1. The number of methoxy groups -OCH3 is 1. The topological polar surface area (TPSA) is 72.0 Å². The molecule has 0 amide bonds. The molecule has 0 N–H and O–H groups in total. The number of hydrogen-bond acceptors (Lipinski definition) is 7. The third-order valence-electron chi connectivity index (χ3n) is 5.88. The number of sulfone groups is 1. The number of anilines is 1. The summed E-state index contributed by atoms with van der Waals surface area (Å²) in [5, 5.41) is 0.787. The molecule has 3 aromatic rings. The molecule has 0 spiro atoms. The number of pyridine rings is 1. The number of rotatable bonds is 7. The van der Waals surface area contributed by atoms with Crippen LogP contribution in [-0.2, 0) is 9.84 Å². The molecule has 2 aromatic carbocycles. The van der Waals surface area contributed by atoms with Crippen LogP contribution in [0.1, 0.15) is 13.8 Å². The molecular formula is C24H29N3O4S. The Kier molecular flexibility index (Phi) is 6.53. The van der Waals surface area contributed by atoms with Crippen LogP contribution in [0.4, 0.5) is 5.69 Å². The molecule has 0 aliphatic carbocycles. The molecule has 0 unspecified atom stereocenters. The van der Waals surface area contributed by atoms with Crippen LogP contribution in [-0.4, -0.2) is 64.7 Å². The summed E-state index contributed by atoms with van der Waals surface area (Å²) in [6, 6.07) is 12.1. The van der Waals surface area contributed by atoms with Gasteiger partial charge >= 0.3 is 0 Å². The molecule has 4 rings (SSSR count). The summed E-state index contributed by atoms with van der Waals surface area (Å²) >= 11 is 0. The minimum atomic E-state index is -3.79. The van der Waals surface area contributed by atoms with E-state index in [1.165, 1.54) is 6.20 Å². The molecule has 1 saturated heterocycles. The van der Waals surface area contributed by atoms with Gasteiger partial charge in [0.15, 0.2) is 0 Å². The van der Waals surface area contributed by atoms with Crippen molar-refractivity contribution in [2.45, 2.75) is 23.6 Å². The standard InChI is InChI=1S/C24H29N3O4S/c1-4-26-12-14-27(15-13-26)24-21-16-19(31-5-2)8-11-22(21)25-17-23(24)32(28,29)20-9-6-18(30-3)7-10-20/h6-11,16-17H,4-5,12-15H2,1-3H3. The average molecular weight is 456 g/mol. The van der Waals surface area contributed by atoms with Gasteiger partial charge < -0.3 is 19.3 Å². The van der Waals surface area contributed by atoms with Gasteiger partial charge in [0.1, 0.15) is 16.4 Å². The maximum atomic E-state index is 13.7. The summed E-state index contributed by atoms with van der Waals surface area (Å²) in [7, 11) is -2.24. The minimum Gasteiger partial charge on any atom is -0.497 e. The highest BCUT2D eigenvalue weighted by Crippen LogP contribution is 2.38. The quantitative estimate of drug-likeness (QED) is 0.539. The summed E-state index contributed by atoms with van der Waals surface area (Å²) in [5.41, 5.74) is 1.44. The molecule has 0 radical (unpaired) electrons. The molecule has 1 fully saturated rings. The van der Waals surface area contributed by atoms with Crippen molar-refractivity contribution in [1.82, 2.24) is 9.88 Å². The first-order chi connectivity index (χ1) is 15.5. The van der Waals surface area contributed by atoms with E-state index in [0.29, 0.717) is 23.8 Å². The van der Waals surface area contributed by atoms with Gasteiger partial charge in [-0.3, -0.25) is 4.98 Å². The average Bonchev–Trinajstić information content (AvgIpc) is 2.83. The number of hydrogen-bond donors (Lipinski definition) is 0. The lowest BCUT2D eigenvalue weighted by Crippen LogP contribution is -2.46. The highest BCUT2D eigenvalue weighted by Gasteiger charge is 2.29. The number of nitrogens with zero attached hydrogens (tertiary/aromatic N) is 3. The van der Waals surface area contributed by atoms with Gasteiger partial charge in [-0.25, -0.2) is 8.42 Å². The van der Waals surface area contributed by atoms with Gasteiger partial charge in [0.2, 0.25) is 9.84 Å². The molecule has 0 bridgehead atoms. The van der Waals surface area contributed by atoms with Crippen LogP contribution in [0, 0.1) is 0 Å². The second kappa shape index (κ2) is 9.34. The van der Waals surface area contributed by atoms with Gasteiger partial charge in [-0.05, 0) is 55.9 Å². The van der Waals surface area contributed by atoms with E-state index in [0.717, 1.165) is 43.6 Å². The van der Waals surface area contributed by atoms with Crippen molar-refractivity contribution in [2.24, 2.45) is 0 Å². The first-order valence-corrected chi connectivity index (χ1v) is 12.4. The fourth-order valence-corrected chi connectivity index (χ4v) is 5.52. The molecule has 32 heavy (non-hydrogen) atoms. The summed E-state index contributed by atoms with van der Waals surface area (Å²) < 4.78 is 38.3. The molecule has 8 heteroatoms. The van der Waals surface area contributed by atoms with E-state index in [4.69, 9.17) is 9.47 Å². The van der Waals surface area contributed by atoms with Crippen LogP contribution in [0.3, 0.4) is 0 Å². The highest BCUT2D eigenvalue weighted by molar-refractivity contribution is 7.91. The fourth-order valence-electron chi connectivity index (χ4n) is 4.09. The van der Waals surface area contributed by atoms with E-state index in [2.05, 4.69) is 21.7 Å². The van der Waals surface area contributed by atoms with Crippen molar-refractivity contribution < 1.29 is 17.9 Å². The van der Waals surface area contributed by atoms with E-state index >= 15 is 0 Å². The molecule has 170 valence electrons. The normalized spacial score (nSPS) is 15.2. The summed E-state index contributed by atoms with van der Waals surface area (Å²) in [6.07, 6.45) is 1.49. The van der Waals surface area contributed by atoms with Gasteiger partial charge in [0.25, 0.3) is 0 Å². The zero-order valence-corrected chi connectivity index (χ0v) is 19.6. The van der Waals surface area contributed by atoms with Crippen molar-refractivity contribution in [2.75, 3.05) is 51.3 Å². The van der Waals surface area contributed by atoms with Gasteiger partial charge in [-0.2, -0.15) is 0 Å². The van der Waals surface area contributed by atoms with Crippen LogP contribution in [0.5, 0.6) is 11.5 Å². The highest BCUT2D eigenvalue weighted by atomic mass is 32.2. The predicted molar refractivity (Wildman–Crippen MR) is 126 cm³/mol. The second-order valence-corrected chi connectivity index (χ2v) is 9.60. The van der Waals surface area contributed by atoms with E-state index in [1.54, 1.807) is 31.4 Å². The number of fused-ring (bicyclic) bond motifs is 1. The van der Waals surface area contributed by atoms with Crippen LogP contribution in [0.25, 0.3) is 10.9 Å². The molecule has 2 heterocycles. The molecule has 0 saturated carbocycles. The van der Waals surface area contributed by atoms with Gasteiger partial charge in [-0.1, -0.05) is 6.92 Å². The fraction of sp³-hybridized carbons (Fsp3) is 0.375.